The van der Waals surface area contributed by atoms with Gasteiger partial charge in [-0.15, -0.1) is 11.3 Å². The molecule has 0 bridgehead atoms. The maximum Gasteiger partial charge on any atom is 0.332 e. The molecular formula is C18H19N7O2S2. The normalized spacial score (nSPS) is 12.2. The van der Waals surface area contributed by atoms with Crippen molar-refractivity contribution in [1.82, 2.24) is 23.7 Å². The maximum absolute atomic E-state index is 12.4. The molecule has 0 atom stereocenters. The van der Waals surface area contributed by atoms with Crippen LogP contribution in [0.2, 0.25) is 0 Å². The summed E-state index contributed by atoms with van der Waals surface area (Å²) in [5, 5.41) is 4.37. The number of hydrogen-bond acceptors (Lipinski definition) is 8. The van der Waals surface area contributed by atoms with E-state index in [1.165, 1.54) is 11.6 Å². The first-order valence-electron chi connectivity index (χ1n) is 8.77. The Morgan fingerprint density at radius 2 is 1.90 bits per heavy atom. The number of anilines is 1. The van der Waals surface area contributed by atoms with Crippen molar-refractivity contribution in [1.29, 1.82) is 0 Å². The topological polar surface area (TPSA) is 99.1 Å². The summed E-state index contributed by atoms with van der Waals surface area (Å²) in [5.41, 5.74) is 4.61. The lowest BCUT2D eigenvalue weighted by Crippen LogP contribution is -2.37. The molecule has 0 unspecified atom stereocenters. The van der Waals surface area contributed by atoms with Gasteiger partial charge < -0.3 is 4.57 Å². The molecule has 4 aromatic rings. The van der Waals surface area contributed by atoms with Crippen LogP contribution in [0.1, 0.15) is 6.92 Å². The Hall–Kier alpha value is -2.92. The van der Waals surface area contributed by atoms with E-state index in [1.807, 2.05) is 25.1 Å². The summed E-state index contributed by atoms with van der Waals surface area (Å²) in [4.78, 5) is 33.5. The Morgan fingerprint density at radius 1 is 1.14 bits per heavy atom. The fourth-order valence-corrected chi connectivity index (χ4v) is 4.81. The summed E-state index contributed by atoms with van der Waals surface area (Å²) in [6, 6.07) is 8.04. The quantitative estimate of drug-likeness (QED) is 0.297. The third kappa shape index (κ3) is 3.47. The average Bonchev–Trinajstić information content (AvgIpc) is 3.28. The number of thioether (sulfide) groups is 1. The lowest BCUT2D eigenvalue weighted by Gasteiger charge is -2.04. The third-order valence-corrected chi connectivity index (χ3v) is 6.84. The highest BCUT2D eigenvalue weighted by Gasteiger charge is 2.16. The molecule has 3 heterocycles. The molecule has 0 amide bonds. The SMILES string of the molecule is C/C(CSc1nc2ccccc2s1)=N\Nc1nc2c(c(=O)n(C)c(=O)n2C)n1C. The molecule has 0 fully saturated rings. The first-order valence-corrected chi connectivity index (χ1v) is 10.6. The molecule has 0 aliphatic heterocycles. The number of benzene rings is 1. The largest absolute Gasteiger partial charge is 0.332 e. The number of rotatable bonds is 5. The minimum Gasteiger partial charge on any atom is -0.306 e. The monoisotopic (exact) mass is 429 g/mol. The van der Waals surface area contributed by atoms with Crippen molar-refractivity contribution >= 4 is 56.1 Å². The molecule has 4 rings (SSSR count). The van der Waals surface area contributed by atoms with Crippen molar-refractivity contribution < 1.29 is 0 Å². The van der Waals surface area contributed by atoms with E-state index >= 15 is 0 Å². The summed E-state index contributed by atoms with van der Waals surface area (Å²) in [5.74, 6) is 1.06. The van der Waals surface area contributed by atoms with Gasteiger partial charge in [0.15, 0.2) is 15.5 Å². The van der Waals surface area contributed by atoms with Crippen LogP contribution in [0, 0.1) is 0 Å². The second-order valence-electron chi connectivity index (χ2n) is 6.57. The van der Waals surface area contributed by atoms with Crippen LogP contribution in [0.4, 0.5) is 5.95 Å². The Balaban J connectivity index is 1.53. The van der Waals surface area contributed by atoms with Crippen LogP contribution in [-0.2, 0) is 21.1 Å². The van der Waals surface area contributed by atoms with E-state index in [4.69, 9.17) is 0 Å². The predicted octanol–water partition coefficient (Wildman–Crippen LogP) is 2.16. The fourth-order valence-electron chi connectivity index (χ4n) is 2.88. The zero-order valence-corrected chi connectivity index (χ0v) is 18.0. The number of hydrogen-bond donors (Lipinski definition) is 1. The van der Waals surface area contributed by atoms with Gasteiger partial charge in [-0.25, -0.2) is 15.2 Å². The smallest absolute Gasteiger partial charge is 0.306 e. The van der Waals surface area contributed by atoms with Gasteiger partial charge in [0.05, 0.1) is 10.2 Å². The number of hydrazone groups is 1. The van der Waals surface area contributed by atoms with Crippen LogP contribution in [0.25, 0.3) is 21.4 Å². The average molecular weight is 430 g/mol. The van der Waals surface area contributed by atoms with Crippen LogP contribution in [0.5, 0.6) is 0 Å². The molecule has 0 saturated heterocycles. The van der Waals surface area contributed by atoms with Crippen LogP contribution in [0.3, 0.4) is 0 Å². The number of para-hydroxylation sites is 1. The van der Waals surface area contributed by atoms with Gasteiger partial charge in [0, 0.05) is 32.6 Å². The van der Waals surface area contributed by atoms with Gasteiger partial charge in [-0.3, -0.25) is 13.9 Å². The molecule has 150 valence electrons. The molecule has 1 N–H and O–H groups in total. The zero-order valence-electron chi connectivity index (χ0n) is 16.3. The predicted molar refractivity (Wildman–Crippen MR) is 118 cm³/mol. The standard InChI is InChI=1S/C18H19N7O2S2/c1-10(9-28-17-19-11-7-5-6-8-12(11)29-17)21-22-16-20-14-13(23(16)2)15(26)25(4)18(27)24(14)3/h5-8H,9H2,1-4H3,(H,20,22)/b21-10+. The highest BCUT2D eigenvalue weighted by Crippen LogP contribution is 2.29. The van der Waals surface area contributed by atoms with Gasteiger partial charge in [-0.2, -0.15) is 10.1 Å². The van der Waals surface area contributed by atoms with Crippen LogP contribution in [-0.4, -0.2) is 35.1 Å². The molecule has 0 aliphatic carbocycles. The lowest BCUT2D eigenvalue weighted by molar-refractivity contribution is 0.705. The molecule has 0 aliphatic rings. The molecule has 11 heteroatoms. The number of thiazole rings is 1. The first kappa shape index (κ1) is 19.4. The minimum absolute atomic E-state index is 0.319. The molecule has 1 aromatic carbocycles. The Labute approximate surface area is 173 Å². The van der Waals surface area contributed by atoms with Crippen molar-refractivity contribution in [3.63, 3.8) is 0 Å². The molecule has 0 radical (unpaired) electrons. The number of fused-ring (bicyclic) bond motifs is 2. The fraction of sp³-hybridized carbons (Fsp3) is 0.278. The molecule has 0 saturated carbocycles. The van der Waals surface area contributed by atoms with Crippen molar-refractivity contribution in [3.05, 3.63) is 45.1 Å². The zero-order chi connectivity index (χ0) is 20.7. The second kappa shape index (κ2) is 7.48. The molecular weight excluding hydrogens is 410 g/mol. The highest BCUT2D eigenvalue weighted by atomic mass is 32.2. The minimum atomic E-state index is -0.418. The van der Waals surface area contributed by atoms with Crippen molar-refractivity contribution in [2.24, 2.45) is 26.2 Å². The summed E-state index contributed by atoms with van der Waals surface area (Å²) in [6.07, 6.45) is 0. The third-order valence-electron chi connectivity index (χ3n) is 4.50. The van der Waals surface area contributed by atoms with Crippen LogP contribution < -0.4 is 16.7 Å². The number of nitrogens with one attached hydrogen (secondary N) is 1. The Bertz CT molecular complexity index is 1340. The summed E-state index contributed by atoms with van der Waals surface area (Å²) in [7, 11) is 4.75. The first-order chi connectivity index (χ1) is 13.9. The van der Waals surface area contributed by atoms with Crippen LogP contribution in [0.15, 0.2) is 43.3 Å². The van der Waals surface area contributed by atoms with E-state index in [2.05, 4.69) is 26.6 Å². The highest BCUT2D eigenvalue weighted by molar-refractivity contribution is 8.01. The molecule has 3 aromatic heterocycles. The van der Waals surface area contributed by atoms with E-state index in [0.717, 1.165) is 24.8 Å². The number of aromatic nitrogens is 5. The number of aryl methyl sites for hydroxylation is 2. The van der Waals surface area contributed by atoms with Gasteiger partial charge in [0.25, 0.3) is 5.56 Å². The molecule has 29 heavy (non-hydrogen) atoms. The van der Waals surface area contributed by atoms with E-state index in [-0.39, 0.29) is 0 Å². The van der Waals surface area contributed by atoms with Gasteiger partial charge in [0.2, 0.25) is 5.95 Å². The van der Waals surface area contributed by atoms with Gasteiger partial charge in [0.1, 0.15) is 0 Å². The number of imidazole rings is 1. The summed E-state index contributed by atoms with van der Waals surface area (Å²) < 4.78 is 6.17. The Morgan fingerprint density at radius 3 is 2.66 bits per heavy atom. The van der Waals surface area contributed by atoms with Crippen molar-refractivity contribution in [2.75, 3.05) is 11.2 Å². The lowest BCUT2D eigenvalue weighted by atomic mass is 10.3. The summed E-state index contributed by atoms with van der Waals surface area (Å²) >= 11 is 3.27. The van der Waals surface area contributed by atoms with E-state index in [1.54, 1.807) is 41.8 Å². The Kier molecular flexibility index (Phi) is 5.01. The van der Waals surface area contributed by atoms with Gasteiger partial charge >= 0.3 is 5.69 Å². The van der Waals surface area contributed by atoms with E-state index < -0.39 is 11.2 Å². The van der Waals surface area contributed by atoms with E-state index in [9.17, 15) is 9.59 Å². The van der Waals surface area contributed by atoms with Crippen molar-refractivity contribution in [3.8, 4) is 0 Å². The number of nitrogens with zero attached hydrogens (tertiary/aromatic N) is 6. The van der Waals surface area contributed by atoms with Gasteiger partial charge in [-0.05, 0) is 19.1 Å². The summed E-state index contributed by atoms with van der Waals surface area (Å²) in [6.45, 7) is 1.91. The van der Waals surface area contributed by atoms with Crippen molar-refractivity contribution in [2.45, 2.75) is 11.3 Å². The maximum atomic E-state index is 12.4. The molecule has 0 spiro atoms. The second-order valence-corrected chi connectivity index (χ2v) is 8.82. The van der Waals surface area contributed by atoms with E-state index in [0.29, 0.717) is 22.9 Å². The van der Waals surface area contributed by atoms with Gasteiger partial charge in [-0.1, -0.05) is 23.9 Å². The molecule has 9 nitrogen and oxygen atoms in total. The van der Waals surface area contributed by atoms with Crippen LogP contribution >= 0.6 is 23.1 Å².